The number of aromatic nitrogens is 2. The molecule has 0 N–H and O–H groups in total. The first-order chi connectivity index (χ1) is 10.6. The Morgan fingerprint density at radius 1 is 1.00 bits per heavy atom. The Morgan fingerprint density at radius 3 is 2.55 bits per heavy atom. The second-order valence-corrected chi connectivity index (χ2v) is 11.7. The van der Waals surface area contributed by atoms with Crippen molar-refractivity contribution < 1.29 is 4.42 Å². The van der Waals surface area contributed by atoms with Crippen LogP contribution < -0.4 is 5.19 Å². The average molecular weight is 306 g/mol. The largest absolute Gasteiger partial charge is 0.454 e. The minimum absolute atomic E-state index is 0.935. The molecule has 22 heavy (non-hydrogen) atoms. The average Bonchev–Trinajstić information content (AvgIpc) is 3.12. The van der Waals surface area contributed by atoms with Gasteiger partial charge in [-0.15, -0.1) is 0 Å². The molecule has 0 unspecified atom stereocenters. The fourth-order valence-corrected chi connectivity index (χ4v) is 4.61. The summed E-state index contributed by atoms with van der Waals surface area (Å²) in [7, 11) is -1.48. The Bertz CT molecular complexity index is 962. The van der Waals surface area contributed by atoms with Crippen LogP contribution in [0.3, 0.4) is 0 Å². The minimum atomic E-state index is -1.48. The summed E-state index contributed by atoms with van der Waals surface area (Å²) >= 11 is 0. The van der Waals surface area contributed by atoms with Crippen LogP contribution in [-0.2, 0) is 0 Å². The fourth-order valence-electron chi connectivity index (χ4n) is 3.03. The molecule has 110 valence electrons. The van der Waals surface area contributed by atoms with E-state index in [-0.39, 0.29) is 0 Å². The molecule has 0 spiro atoms. The highest BCUT2D eigenvalue weighted by atomic mass is 28.3. The van der Waals surface area contributed by atoms with E-state index in [2.05, 4.69) is 49.0 Å². The number of fused-ring (bicyclic) bond motifs is 3. The van der Waals surface area contributed by atoms with E-state index in [1.165, 1.54) is 16.0 Å². The third-order valence-electron chi connectivity index (χ3n) is 4.06. The maximum Gasteiger partial charge on any atom is 0.160 e. The first-order valence-corrected chi connectivity index (χ1v) is 11.0. The van der Waals surface area contributed by atoms with Gasteiger partial charge < -0.3 is 4.42 Å². The van der Waals surface area contributed by atoms with Crippen LogP contribution in [0.15, 0.2) is 59.3 Å². The summed E-state index contributed by atoms with van der Waals surface area (Å²) in [5, 5.41) is 8.25. The molecule has 0 saturated carbocycles. The van der Waals surface area contributed by atoms with Crippen LogP contribution in [0.4, 0.5) is 0 Å². The number of hydrogen-bond donors (Lipinski definition) is 0. The summed E-state index contributed by atoms with van der Waals surface area (Å²) in [5.41, 5.74) is 2.87. The van der Waals surface area contributed by atoms with Crippen molar-refractivity contribution in [1.82, 2.24) is 9.78 Å². The maximum atomic E-state index is 6.20. The summed E-state index contributed by atoms with van der Waals surface area (Å²) in [5.74, 6) is 0. The van der Waals surface area contributed by atoms with Crippen molar-refractivity contribution in [3.05, 3.63) is 54.9 Å². The Morgan fingerprint density at radius 2 is 1.82 bits per heavy atom. The van der Waals surface area contributed by atoms with Crippen molar-refractivity contribution in [3.63, 3.8) is 0 Å². The zero-order chi connectivity index (χ0) is 15.3. The van der Waals surface area contributed by atoms with Crippen molar-refractivity contribution in [3.8, 4) is 5.69 Å². The summed E-state index contributed by atoms with van der Waals surface area (Å²) in [6.07, 6.45) is 3.75. The monoisotopic (exact) mass is 306 g/mol. The van der Waals surface area contributed by atoms with Crippen molar-refractivity contribution in [2.24, 2.45) is 0 Å². The van der Waals surface area contributed by atoms with Gasteiger partial charge in [-0.3, -0.25) is 0 Å². The van der Waals surface area contributed by atoms with Crippen LogP contribution in [0.1, 0.15) is 0 Å². The SMILES string of the molecule is C[Si](C)(C)c1ccc(-n2cccn2)c2oc3ccccc3c12. The van der Waals surface area contributed by atoms with E-state index in [1.807, 2.05) is 29.1 Å². The summed E-state index contributed by atoms with van der Waals surface area (Å²) in [6, 6.07) is 14.6. The molecule has 3 nitrogen and oxygen atoms in total. The predicted molar refractivity (Wildman–Crippen MR) is 93.8 cm³/mol. The molecule has 0 atom stereocenters. The van der Waals surface area contributed by atoms with Gasteiger partial charge in [-0.1, -0.05) is 43.9 Å². The Balaban J connectivity index is 2.19. The van der Waals surface area contributed by atoms with Crippen molar-refractivity contribution in [2.75, 3.05) is 0 Å². The molecule has 0 aliphatic rings. The summed E-state index contributed by atoms with van der Waals surface area (Å²) in [4.78, 5) is 0. The molecule has 2 heterocycles. The van der Waals surface area contributed by atoms with E-state index in [9.17, 15) is 0 Å². The van der Waals surface area contributed by atoms with Gasteiger partial charge in [0.2, 0.25) is 0 Å². The number of rotatable bonds is 2. The molecule has 4 heteroatoms. The van der Waals surface area contributed by atoms with Crippen LogP contribution in [0.25, 0.3) is 27.6 Å². The molecule has 4 rings (SSSR count). The lowest BCUT2D eigenvalue weighted by Crippen LogP contribution is -2.38. The lowest BCUT2D eigenvalue weighted by atomic mass is 10.1. The topological polar surface area (TPSA) is 31.0 Å². The third-order valence-corrected chi connectivity index (χ3v) is 6.10. The van der Waals surface area contributed by atoms with E-state index >= 15 is 0 Å². The zero-order valence-electron chi connectivity index (χ0n) is 13.0. The van der Waals surface area contributed by atoms with Crippen molar-refractivity contribution >= 4 is 35.2 Å². The maximum absolute atomic E-state index is 6.20. The van der Waals surface area contributed by atoms with Crippen LogP contribution in [0.5, 0.6) is 0 Å². The van der Waals surface area contributed by atoms with E-state index in [4.69, 9.17) is 4.42 Å². The Hall–Kier alpha value is -2.33. The summed E-state index contributed by atoms with van der Waals surface area (Å²) in [6.45, 7) is 7.12. The molecule has 0 aliphatic heterocycles. The minimum Gasteiger partial charge on any atom is -0.454 e. The third kappa shape index (κ3) is 1.91. The van der Waals surface area contributed by atoms with Crippen molar-refractivity contribution in [1.29, 1.82) is 0 Å². The van der Waals surface area contributed by atoms with Crippen LogP contribution in [0, 0.1) is 0 Å². The number of para-hydroxylation sites is 1. The van der Waals surface area contributed by atoms with Gasteiger partial charge in [0.25, 0.3) is 0 Å². The number of benzene rings is 2. The highest BCUT2D eigenvalue weighted by molar-refractivity contribution is 6.90. The molecular formula is C18H18N2OSi. The molecule has 2 aromatic carbocycles. The van der Waals surface area contributed by atoms with E-state index < -0.39 is 8.07 Å². The number of nitrogens with zero attached hydrogens (tertiary/aromatic N) is 2. The van der Waals surface area contributed by atoms with E-state index in [0.29, 0.717) is 0 Å². The van der Waals surface area contributed by atoms with Gasteiger partial charge in [-0.25, -0.2) is 4.68 Å². The van der Waals surface area contributed by atoms with Crippen LogP contribution in [0.2, 0.25) is 19.6 Å². The quantitative estimate of drug-likeness (QED) is 0.516. The molecule has 2 aromatic heterocycles. The molecule has 0 bridgehead atoms. The number of hydrogen-bond acceptors (Lipinski definition) is 2. The second kappa shape index (κ2) is 4.58. The van der Waals surface area contributed by atoms with Crippen LogP contribution in [-0.4, -0.2) is 17.9 Å². The van der Waals surface area contributed by atoms with Gasteiger partial charge in [0, 0.05) is 23.2 Å². The molecule has 0 aliphatic carbocycles. The normalized spacial score (nSPS) is 12.3. The van der Waals surface area contributed by atoms with Gasteiger partial charge in [-0.2, -0.15) is 5.10 Å². The summed E-state index contributed by atoms with van der Waals surface area (Å²) < 4.78 is 8.08. The first-order valence-electron chi connectivity index (χ1n) is 7.50. The fraction of sp³-hybridized carbons (Fsp3) is 0.167. The number of furan rings is 1. The molecular weight excluding hydrogens is 288 g/mol. The highest BCUT2D eigenvalue weighted by Crippen LogP contribution is 2.32. The molecule has 0 saturated heterocycles. The Kier molecular flexibility index (Phi) is 2.78. The van der Waals surface area contributed by atoms with Gasteiger partial charge in [0.15, 0.2) is 5.58 Å². The van der Waals surface area contributed by atoms with Gasteiger partial charge >= 0.3 is 0 Å². The van der Waals surface area contributed by atoms with E-state index in [0.717, 1.165) is 16.9 Å². The smallest absolute Gasteiger partial charge is 0.160 e. The predicted octanol–water partition coefficient (Wildman–Crippen LogP) is 4.32. The molecule has 0 fully saturated rings. The molecule has 4 aromatic rings. The molecule has 0 amide bonds. The lowest BCUT2D eigenvalue weighted by molar-refractivity contribution is 0.662. The van der Waals surface area contributed by atoms with Crippen molar-refractivity contribution in [2.45, 2.75) is 19.6 Å². The van der Waals surface area contributed by atoms with Gasteiger partial charge in [0.05, 0.1) is 8.07 Å². The lowest BCUT2D eigenvalue weighted by Gasteiger charge is -2.18. The Labute approximate surface area is 130 Å². The standard InChI is InChI=1S/C18H18N2OSi/c1-22(2,3)16-10-9-14(20-12-6-11-19-20)18-17(16)13-7-4-5-8-15(13)21-18/h4-12H,1-3H3. The van der Waals surface area contributed by atoms with Gasteiger partial charge in [-0.05, 0) is 23.4 Å². The second-order valence-electron chi connectivity index (χ2n) is 6.64. The van der Waals surface area contributed by atoms with Crippen LogP contribution >= 0.6 is 0 Å². The zero-order valence-corrected chi connectivity index (χ0v) is 14.0. The van der Waals surface area contributed by atoms with Gasteiger partial charge in [0.1, 0.15) is 11.3 Å². The highest BCUT2D eigenvalue weighted by Gasteiger charge is 2.24. The molecule has 0 radical (unpaired) electrons. The first kappa shape index (κ1) is 13.3. The van der Waals surface area contributed by atoms with E-state index in [1.54, 1.807) is 6.20 Å².